The Labute approximate surface area is 169 Å². The Morgan fingerprint density at radius 1 is 1.07 bits per heavy atom. The fourth-order valence-electron chi connectivity index (χ4n) is 3.82. The number of hydrogen-bond acceptors (Lipinski definition) is 4. The van der Waals surface area contributed by atoms with Crippen molar-refractivity contribution in [3.63, 3.8) is 0 Å². The molecule has 0 bridgehead atoms. The van der Waals surface area contributed by atoms with E-state index in [1.54, 1.807) is 12.3 Å². The van der Waals surface area contributed by atoms with E-state index in [0.29, 0.717) is 16.6 Å². The molecule has 6 heteroatoms. The van der Waals surface area contributed by atoms with Crippen molar-refractivity contribution < 1.29 is 4.79 Å². The van der Waals surface area contributed by atoms with Crippen molar-refractivity contribution in [1.82, 2.24) is 15.3 Å². The summed E-state index contributed by atoms with van der Waals surface area (Å²) >= 11 is 5.92. The Hall–Kier alpha value is -2.66. The average molecular weight is 395 g/mol. The molecule has 28 heavy (non-hydrogen) atoms. The zero-order chi connectivity index (χ0) is 19.5. The van der Waals surface area contributed by atoms with E-state index < -0.39 is 0 Å². The van der Waals surface area contributed by atoms with Gasteiger partial charge in [-0.2, -0.15) is 0 Å². The molecule has 0 unspecified atom stereocenters. The number of pyridine rings is 2. The Kier molecular flexibility index (Phi) is 5.44. The van der Waals surface area contributed by atoms with Crippen molar-refractivity contribution in [2.75, 3.05) is 5.32 Å². The van der Waals surface area contributed by atoms with Crippen LogP contribution in [0.4, 0.5) is 5.82 Å². The first-order valence-corrected chi connectivity index (χ1v) is 10.0. The highest BCUT2D eigenvalue weighted by Gasteiger charge is 2.23. The van der Waals surface area contributed by atoms with Gasteiger partial charge in [0.1, 0.15) is 5.82 Å². The third-order valence-corrected chi connectivity index (χ3v) is 5.51. The summed E-state index contributed by atoms with van der Waals surface area (Å²) in [5, 5.41) is 8.34. The smallest absolute Gasteiger partial charge is 0.253 e. The normalized spacial score (nSPS) is 19.4. The number of benzene rings is 1. The maximum absolute atomic E-state index is 12.4. The standard InChI is InChI=1S/C22H23ClN4O/c1-14-10-21(27-20-5-3-2-4-19(14)20)25-17-6-8-18(9-7-17)26-22(28)15-11-16(23)13-24-12-15/h2-5,10-13,17-18H,6-9H2,1H3,(H,25,27)(H,26,28)/t17-,18+. The second-order valence-corrected chi connectivity index (χ2v) is 7.84. The lowest BCUT2D eigenvalue weighted by atomic mass is 9.91. The highest BCUT2D eigenvalue weighted by Crippen LogP contribution is 2.25. The Bertz CT molecular complexity index is 999. The zero-order valence-corrected chi connectivity index (χ0v) is 16.5. The number of aryl methyl sites for hydroxylation is 1. The van der Waals surface area contributed by atoms with Crippen LogP contribution in [0.3, 0.4) is 0 Å². The van der Waals surface area contributed by atoms with Gasteiger partial charge in [-0.25, -0.2) is 4.98 Å². The molecule has 144 valence electrons. The molecule has 1 fully saturated rings. The van der Waals surface area contributed by atoms with Gasteiger partial charge >= 0.3 is 0 Å². The number of fused-ring (bicyclic) bond motifs is 1. The number of hydrogen-bond donors (Lipinski definition) is 2. The van der Waals surface area contributed by atoms with Crippen LogP contribution >= 0.6 is 11.6 Å². The van der Waals surface area contributed by atoms with E-state index in [2.05, 4.69) is 34.7 Å². The summed E-state index contributed by atoms with van der Waals surface area (Å²) in [7, 11) is 0. The first-order chi connectivity index (χ1) is 13.6. The number of halogens is 1. The van der Waals surface area contributed by atoms with Gasteiger partial charge in [0.25, 0.3) is 5.91 Å². The molecule has 2 heterocycles. The van der Waals surface area contributed by atoms with Crippen LogP contribution in [-0.4, -0.2) is 28.0 Å². The molecule has 4 rings (SSSR count). The van der Waals surface area contributed by atoms with Crippen LogP contribution in [0.25, 0.3) is 10.9 Å². The molecule has 5 nitrogen and oxygen atoms in total. The molecule has 1 aromatic carbocycles. The molecule has 0 radical (unpaired) electrons. The van der Waals surface area contributed by atoms with Crippen LogP contribution in [-0.2, 0) is 0 Å². The molecule has 0 atom stereocenters. The van der Waals surface area contributed by atoms with Gasteiger partial charge in [-0.15, -0.1) is 0 Å². The van der Waals surface area contributed by atoms with Crippen molar-refractivity contribution in [2.24, 2.45) is 0 Å². The van der Waals surface area contributed by atoms with E-state index in [0.717, 1.165) is 37.0 Å². The topological polar surface area (TPSA) is 66.9 Å². The number of para-hydroxylation sites is 1. The van der Waals surface area contributed by atoms with Gasteiger partial charge in [0.2, 0.25) is 0 Å². The molecule has 1 saturated carbocycles. The lowest BCUT2D eigenvalue weighted by Gasteiger charge is -2.30. The van der Waals surface area contributed by atoms with Crippen molar-refractivity contribution in [1.29, 1.82) is 0 Å². The van der Waals surface area contributed by atoms with Crippen LogP contribution in [0.2, 0.25) is 5.02 Å². The number of amides is 1. The largest absolute Gasteiger partial charge is 0.367 e. The third kappa shape index (κ3) is 4.25. The Morgan fingerprint density at radius 2 is 1.82 bits per heavy atom. The molecule has 1 aliphatic carbocycles. The van der Waals surface area contributed by atoms with E-state index in [-0.39, 0.29) is 11.9 Å². The predicted molar refractivity (Wildman–Crippen MR) is 113 cm³/mol. The molecule has 1 amide bonds. The number of nitrogens with one attached hydrogen (secondary N) is 2. The number of rotatable bonds is 4. The highest BCUT2D eigenvalue weighted by molar-refractivity contribution is 6.30. The molecule has 1 aliphatic rings. The molecular formula is C22H23ClN4O. The second-order valence-electron chi connectivity index (χ2n) is 7.40. The summed E-state index contributed by atoms with van der Waals surface area (Å²) in [6, 6.07) is 12.5. The summed E-state index contributed by atoms with van der Waals surface area (Å²) in [4.78, 5) is 21.1. The predicted octanol–water partition coefficient (Wildman–Crippen LogP) is 4.74. The van der Waals surface area contributed by atoms with Gasteiger partial charge in [0.05, 0.1) is 16.1 Å². The van der Waals surface area contributed by atoms with Crippen molar-refractivity contribution >= 4 is 34.2 Å². The average Bonchev–Trinajstić information content (AvgIpc) is 2.69. The summed E-state index contributed by atoms with van der Waals surface area (Å²) in [5.41, 5.74) is 2.74. The minimum absolute atomic E-state index is 0.113. The van der Waals surface area contributed by atoms with Gasteiger partial charge < -0.3 is 10.6 Å². The van der Waals surface area contributed by atoms with E-state index in [4.69, 9.17) is 16.6 Å². The van der Waals surface area contributed by atoms with Crippen LogP contribution in [0.15, 0.2) is 48.8 Å². The van der Waals surface area contributed by atoms with E-state index in [1.165, 1.54) is 17.1 Å². The molecule has 2 N–H and O–H groups in total. The fraction of sp³-hybridized carbons (Fsp3) is 0.318. The minimum atomic E-state index is -0.113. The summed E-state index contributed by atoms with van der Waals surface area (Å²) in [6.07, 6.45) is 6.92. The number of carbonyl (C=O) groups is 1. The molecular weight excluding hydrogens is 372 g/mol. The van der Waals surface area contributed by atoms with Gasteiger partial charge in [0, 0.05) is 29.9 Å². The molecule has 2 aromatic heterocycles. The summed E-state index contributed by atoms with van der Waals surface area (Å²) < 4.78 is 0. The summed E-state index contributed by atoms with van der Waals surface area (Å²) in [6.45, 7) is 2.12. The maximum Gasteiger partial charge on any atom is 0.253 e. The van der Waals surface area contributed by atoms with Crippen LogP contribution < -0.4 is 10.6 Å². The number of nitrogens with zero attached hydrogens (tertiary/aromatic N) is 2. The molecule has 0 spiro atoms. The number of carbonyl (C=O) groups excluding carboxylic acids is 1. The third-order valence-electron chi connectivity index (χ3n) is 5.30. The van der Waals surface area contributed by atoms with Crippen molar-refractivity contribution in [3.8, 4) is 0 Å². The monoisotopic (exact) mass is 394 g/mol. The van der Waals surface area contributed by atoms with E-state index in [9.17, 15) is 4.79 Å². The van der Waals surface area contributed by atoms with Crippen LogP contribution in [0, 0.1) is 6.92 Å². The second kappa shape index (κ2) is 8.15. The SMILES string of the molecule is Cc1cc(N[C@H]2CC[C@@H](NC(=O)c3cncc(Cl)c3)CC2)nc2ccccc12. The zero-order valence-electron chi connectivity index (χ0n) is 15.8. The Balaban J connectivity index is 1.34. The van der Waals surface area contributed by atoms with Crippen molar-refractivity contribution in [3.05, 3.63) is 64.9 Å². The summed E-state index contributed by atoms with van der Waals surface area (Å²) in [5.74, 6) is 0.812. The molecule has 0 aliphatic heterocycles. The lowest BCUT2D eigenvalue weighted by Crippen LogP contribution is -2.40. The van der Waals surface area contributed by atoms with Crippen molar-refractivity contribution in [2.45, 2.75) is 44.7 Å². The van der Waals surface area contributed by atoms with Crippen LogP contribution in [0.5, 0.6) is 0 Å². The molecule has 3 aromatic rings. The molecule has 0 saturated heterocycles. The number of anilines is 1. The van der Waals surface area contributed by atoms with Gasteiger partial charge in [-0.3, -0.25) is 9.78 Å². The van der Waals surface area contributed by atoms with E-state index in [1.807, 2.05) is 18.2 Å². The highest BCUT2D eigenvalue weighted by atomic mass is 35.5. The minimum Gasteiger partial charge on any atom is -0.367 e. The Morgan fingerprint density at radius 3 is 2.61 bits per heavy atom. The van der Waals surface area contributed by atoms with Gasteiger partial charge in [-0.1, -0.05) is 29.8 Å². The first-order valence-electron chi connectivity index (χ1n) is 9.63. The first kappa shape index (κ1) is 18.7. The maximum atomic E-state index is 12.4. The van der Waals surface area contributed by atoms with Gasteiger partial charge in [-0.05, 0) is 56.4 Å². The number of aromatic nitrogens is 2. The van der Waals surface area contributed by atoms with E-state index >= 15 is 0 Å². The lowest BCUT2D eigenvalue weighted by molar-refractivity contribution is 0.0926. The quantitative estimate of drug-likeness (QED) is 0.670. The fourth-order valence-corrected chi connectivity index (χ4v) is 3.99. The van der Waals surface area contributed by atoms with Gasteiger partial charge in [0.15, 0.2) is 0 Å². The van der Waals surface area contributed by atoms with Crippen LogP contribution in [0.1, 0.15) is 41.6 Å².